The van der Waals surface area contributed by atoms with E-state index in [9.17, 15) is 9.59 Å². The number of carbonyl (C=O) groups is 2. The number of aliphatic carboxylic acids is 2. The summed E-state index contributed by atoms with van der Waals surface area (Å²) in [6.07, 6.45) is 1.41. The Morgan fingerprint density at radius 1 is 0.964 bits per heavy atom. The Hall–Kier alpha value is -2.88. The highest BCUT2D eigenvalue weighted by molar-refractivity contribution is 5.89. The fourth-order valence-electron chi connectivity index (χ4n) is 3.06. The average Bonchev–Trinajstić information content (AvgIpc) is 2.59. The van der Waals surface area contributed by atoms with Crippen molar-refractivity contribution in [2.45, 2.75) is 47.0 Å². The molecule has 1 atom stereocenters. The summed E-state index contributed by atoms with van der Waals surface area (Å²) in [5.41, 5.74) is 3.94. The fraction of sp³-hybridized carbons (Fsp3) is 0.333. The molecule has 4 heteroatoms. The van der Waals surface area contributed by atoms with Crippen molar-refractivity contribution in [3.63, 3.8) is 0 Å². The van der Waals surface area contributed by atoms with Gasteiger partial charge in [-0.3, -0.25) is 4.79 Å². The van der Waals surface area contributed by atoms with Gasteiger partial charge in [0.05, 0.1) is 6.42 Å². The molecule has 0 saturated heterocycles. The van der Waals surface area contributed by atoms with Crippen LogP contribution in [0.4, 0.5) is 0 Å². The summed E-state index contributed by atoms with van der Waals surface area (Å²) < 4.78 is 0. The first kappa shape index (κ1) is 23.2. The van der Waals surface area contributed by atoms with Gasteiger partial charge in [-0.15, -0.1) is 0 Å². The topological polar surface area (TPSA) is 74.6 Å². The van der Waals surface area contributed by atoms with Gasteiger partial charge >= 0.3 is 11.9 Å². The molecular formula is C24H30O4. The summed E-state index contributed by atoms with van der Waals surface area (Å²) in [5, 5.41) is 17.5. The molecule has 150 valence electrons. The highest BCUT2D eigenvalue weighted by atomic mass is 16.4. The largest absolute Gasteiger partial charge is 0.481 e. The predicted octanol–water partition coefficient (Wildman–Crippen LogP) is 5.77. The van der Waals surface area contributed by atoms with Crippen molar-refractivity contribution in [1.29, 1.82) is 0 Å². The van der Waals surface area contributed by atoms with Crippen LogP contribution in [0.1, 0.15) is 56.7 Å². The second-order valence-electron chi connectivity index (χ2n) is 7.91. The van der Waals surface area contributed by atoms with Crippen LogP contribution in [-0.4, -0.2) is 22.2 Å². The van der Waals surface area contributed by atoms with Gasteiger partial charge in [0.25, 0.3) is 0 Å². The Bertz CT molecular complexity index is 814. The zero-order chi connectivity index (χ0) is 21.3. The molecule has 0 aliphatic carbocycles. The molecule has 2 aromatic rings. The van der Waals surface area contributed by atoms with Crippen molar-refractivity contribution in [2.75, 3.05) is 0 Å². The Kier molecular flexibility index (Phi) is 8.65. The maximum Gasteiger partial charge on any atom is 0.328 e. The van der Waals surface area contributed by atoms with Gasteiger partial charge in [-0.1, -0.05) is 75.4 Å². The number of hydrogen-bond donors (Lipinski definition) is 2. The molecule has 0 aliphatic heterocycles. The molecule has 2 rings (SSSR count). The molecule has 0 aliphatic rings. The molecule has 0 radical (unpaired) electrons. The Labute approximate surface area is 167 Å². The van der Waals surface area contributed by atoms with Crippen LogP contribution >= 0.6 is 0 Å². The number of benzene rings is 2. The van der Waals surface area contributed by atoms with E-state index < -0.39 is 11.9 Å². The molecule has 4 nitrogen and oxygen atoms in total. The van der Waals surface area contributed by atoms with Gasteiger partial charge in [0.1, 0.15) is 0 Å². The number of rotatable bonds is 5. The molecule has 0 spiro atoms. The first-order chi connectivity index (χ1) is 13.0. The summed E-state index contributed by atoms with van der Waals surface area (Å²) in [6, 6.07) is 17.6. The molecule has 0 fully saturated rings. The predicted molar refractivity (Wildman–Crippen MR) is 113 cm³/mol. The number of hydrogen-bond acceptors (Lipinski definition) is 2. The Morgan fingerprint density at radius 3 is 1.96 bits per heavy atom. The molecule has 0 saturated carbocycles. The lowest BCUT2D eigenvalue weighted by molar-refractivity contribution is -0.138. The molecule has 1 unspecified atom stereocenters. The minimum atomic E-state index is -0.902. The van der Waals surface area contributed by atoms with Gasteiger partial charge < -0.3 is 10.2 Å². The van der Waals surface area contributed by atoms with E-state index in [1.807, 2.05) is 61.5 Å². The van der Waals surface area contributed by atoms with E-state index >= 15 is 0 Å². The molecule has 0 bridgehead atoms. The van der Waals surface area contributed by atoms with Crippen LogP contribution in [0.25, 0.3) is 5.57 Å². The van der Waals surface area contributed by atoms with E-state index in [0.29, 0.717) is 0 Å². The van der Waals surface area contributed by atoms with Crippen LogP contribution in [0.15, 0.2) is 60.7 Å². The number of allylic oxidation sites excluding steroid dienone is 1. The maximum atomic E-state index is 10.8. The van der Waals surface area contributed by atoms with Gasteiger partial charge in [0.2, 0.25) is 0 Å². The van der Waals surface area contributed by atoms with Gasteiger partial charge in [-0.25, -0.2) is 4.79 Å². The first-order valence-electron chi connectivity index (χ1n) is 9.26. The number of carboxylic acids is 2. The third kappa shape index (κ3) is 7.78. The van der Waals surface area contributed by atoms with Crippen LogP contribution < -0.4 is 0 Å². The maximum absolute atomic E-state index is 10.8. The molecule has 0 amide bonds. The Balaban J connectivity index is 0.000000283. The lowest BCUT2D eigenvalue weighted by atomic mass is 9.75. The van der Waals surface area contributed by atoms with Crippen molar-refractivity contribution >= 4 is 17.5 Å². The van der Waals surface area contributed by atoms with Crippen LogP contribution in [-0.2, 0) is 9.59 Å². The summed E-state index contributed by atoms with van der Waals surface area (Å²) >= 11 is 0. The van der Waals surface area contributed by atoms with Crippen LogP contribution in [0, 0.1) is 12.3 Å². The quantitative estimate of drug-likeness (QED) is 0.643. The van der Waals surface area contributed by atoms with Crippen molar-refractivity contribution in [3.05, 3.63) is 77.4 Å². The summed E-state index contributed by atoms with van der Waals surface area (Å²) in [6.45, 7) is 10.00. The zero-order valence-corrected chi connectivity index (χ0v) is 17.3. The van der Waals surface area contributed by atoms with E-state index in [1.165, 1.54) is 6.08 Å². The number of carboxylic acid groups (broad SMARTS) is 2. The van der Waals surface area contributed by atoms with Gasteiger partial charge in [-0.2, -0.15) is 0 Å². The van der Waals surface area contributed by atoms with Gasteiger partial charge in [0.15, 0.2) is 0 Å². The van der Waals surface area contributed by atoms with Crippen molar-refractivity contribution in [1.82, 2.24) is 0 Å². The second kappa shape index (κ2) is 10.5. The molecule has 2 N–H and O–H groups in total. The van der Waals surface area contributed by atoms with Gasteiger partial charge in [-0.05, 0) is 47.4 Å². The third-order valence-corrected chi connectivity index (χ3v) is 4.54. The molecule has 0 heterocycles. The highest BCUT2D eigenvalue weighted by Gasteiger charge is 2.28. The van der Waals surface area contributed by atoms with Crippen molar-refractivity contribution in [3.8, 4) is 0 Å². The van der Waals surface area contributed by atoms with E-state index in [0.717, 1.165) is 22.3 Å². The van der Waals surface area contributed by atoms with E-state index in [1.54, 1.807) is 6.92 Å². The molecular weight excluding hydrogens is 352 g/mol. The SMILES string of the molecule is CC(=CC(=O)O)c1ccccc1C.CC(C)(C)C(CC(=O)O)c1ccccc1. The smallest absolute Gasteiger partial charge is 0.328 e. The van der Waals surface area contributed by atoms with Crippen LogP contribution in [0.3, 0.4) is 0 Å². The summed E-state index contributed by atoms with van der Waals surface area (Å²) in [7, 11) is 0. The summed E-state index contributed by atoms with van der Waals surface area (Å²) in [5.74, 6) is -1.57. The molecule has 0 aromatic heterocycles. The fourth-order valence-corrected chi connectivity index (χ4v) is 3.06. The normalized spacial score (nSPS) is 12.5. The Morgan fingerprint density at radius 2 is 1.50 bits per heavy atom. The van der Waals surface area contributed by atoms with Crippen molar-refractivity contribution in [2.24, 2.45) is 5.41 Å². The van der Waals surface area contributed by atoms with E-state index in [2.05, 4.69) is 20.8 Å². The van der Waals surface area contributed by atoms with E-state index in [-0.39, 0.29) is 17.8 Å². The molecule has 28 heavy (non-hydrogen) atoms. The monoisotopic (exact) mass is 382 g/mol. The lowest BCUT2D eigenvalue weighted by Gasteiger charge is -2.29. The number of aryl methyl sites for hydroxylation is 1. The second-order valence-corrected chi connectivity index (χ2v) is 7.91. The zero-order valence-electron chi connectivity index (χ0n) is 17.3. The van der Waals surface area contributed by atoms with Crippen molar-refractivity contribution < 1.29 is 19.8 Å². The van der Waals surface area contributed by atoms with Crippen LogP contribution in [0.5, 0.6) is 0 Å². The highest BCUT2D eigenvalue weighted by Crippen LogP contribution is 2.37. The van der Waals surface area contributed by atoms with Crippen LogP contribution in [0.2, 0.25) is 0 Å². The average molecular weight is 383 g/mol. The minimum absolute atomic E-state index is 0.0280. The third-order valence-electron chi connectivity index (χ3n) is 4.54. The summed E-state index contributed by atoms with van der Waals surface area (Å²) in [4.78, 5) is 21.2. The van der Waals surface area contributed by atoms with E-state index in [4.69, 9.17) is 10.2 Å². The molecule has 2 aromatic carbocycles. The first-order valence-corrected chi connectivity index (χ1v) is 9.26. The lowest BCUT2D eigenvalue weighted by Crippen LogP contribution is -2.21. The standard InChI is InChI=1S/C13H18O2.C11H12O2/c1-13(2,3)11(9-12(14)15)10-7-5-4-6-8-10;1-8-5-3-4-6-10(8)9(2)7-11(12)13/h4-8,11H,9H2,1-3H3,(H,14,15);3-7H,1-2H3,(H,12,13). The minimum Gasteiger partial charge on any atom is -0.481 e. The van der Waals surface area contributed by atoms with Gasteiger partial charge in [0, 0.05) is 6.08 Å².